The number of alkyl halides is 1. The first kappa shape index (κ1) is 11.1. The predicted octanol–water partition coefficient (Wildman–Crippen LogP) is 2.78. The van der Waals surface area contributed by atoms with E-state index in [1.807, 2.05) is 11.8 Å². The van der Waals surface area contributed by atoms with Crippen LogP contribution >= 0.6 is 11.8 Å². The molecule has 1 aliphatic carbocycles. The van der Waals surface area contributed by atoms with Crippen LogP contribution in [0.2, 0.25) is 0 Å². The summed E-state index contributed by atoms with van der Waals surface area (Å²) in [4.78, 5) is 0. The van der Waals surface area contributed by atoms with Gasteiger partial charge >= 0.3 is 0 Å². The molecule has 1 saturated carbocycles. The van der Waals surface area contributed by atoms with E-state index in [1.54, 1.807) is 5.57 Å². The van der Waals surface area contributed by atoms with Gasteiger partial charge in [-0.1, -0.05) is 11.6 Å². The Labute approximate surface area is 101 Å². The Bertz CT molecular complexity index is 292. The highest BCUT2D eigenvalue weighted by Gasteiger charge is 2.42. The second kappa shape index (κ2) is 4.69. The molecule has 16 heavy (non-hydrogen) atoms. The average molecular weight is 241 g/mol. The lowest BCUT2D eigenvalue weighted by Crippen LogP contribution is -2.33. The number of rotatable bonds is 1. The van der Waals surface area contributed by atoms with Crippen molar-refractivity contribution in [1.82, 2.24) is 5.32 Å². The molecule has 0 spiro atoms. The number of halogens is 1. The van der Waals surface area contributed by atoms with Crippen LogP contribution < -0.4 is 5.32 Å². The molecule has 2 fully saturated rings. The van der Waals surface area contributed by atoms with Gasteiger partial charge in [0.2, 0.25) is 0 Å². The van der Waals surface area contributed by atoms with Crippen molar-refractivity contribution in [3.8, 4) is 0 Å². The third-order valence-electron chi connectivity index (χ3n) is 4.32. The standard InChI is InChI=1S/C13H20FNS/c14-10-3-4-11-12(8-16-13(11)6-10)9-2-1-5-15-7-9/h2,10-13,15H,1,3-8H2. The zero-order valence-corrected chi connectivity index (χ0v) is 10.4. The van der Waals surface area contributed by atoms with Crippen LogP contribution in [-0.4, -0.2) is 30.3 Å². The molecule has 0 amide bonds. The van der Waals surface area contributed by atoms with Crippen LogP contribution in [0.1, 0.15) is 25.7 Å². The number of nitrogens with one attached hydrogen (secondary N) is 1. The maximum atomic E-state index is 13.4. The van der Waals surface area contributed by atoms with Crippen molar-refractivity contribution in [3.63, 3.8) is 0 Å². The van der Waals surface area contributed by atoms with Crippen molar-refractivity contribution < 1.29 is 4.39 Å². The quantitative estimate of drug-likeness (QED) is 0.709. The van der Waals surface area contributed by atoms with Gasteiger partial charge in [0, 0.05) is 17.5 Å². The number of hydrogen-bond donors (Lipinski definition) is 1. The van der Waals surface area contributed by atoms with Gasteiger partial charge in [-0.15, -0.1) is 0 Å². The van der Waals surface area contributed by atoms with Gasteiger partial charge in [-0.2, -0.15) is 11.8 Å². The topological polar surface area (TPSA) is 12.0 Å². The van der Waals surface area contributed by atoms with Crippen LogP contribution in [0.25, 0.3) is 0 Å². The fourth-order valence-electron chi connectivity index (χ4n) is 3.44. The number of thioether (sulfide) groups is 1. The van der Waals surface area contributed by atoms with Gasteiger partial charge in [0.1, 0.15) is 6.17 Å². The molecule has 0 aromatic rings. The Morgan fingerprint density at radius 2 is 2.31 bits per heavy atom. The lowest BCUT2D eigenvalue weighted by atomic mass is 9.76. The summed E-state index contributed by atoms with van der Waals surface area (Å²) >= 11 is 2.02. The second-order valence-corrected chi connectivity index (χ2v) is 6.57. The van der Waals surface area contributed by atoms with Crippen molar-refractivity contribution in [2.45, 2.75) is 37.1 Å². The second-order valence-electron chi connectivity index (χ2n) is 5.30. The van der Waals surface area contributed by atoms with Crippen LogP contribution in [0.15, 0.2) is 11.6 Å². The zero-order valence-electron chi connectivity index (χ0n) is 9.62. The monoisotopic (exact) mass is 241 g/mol. The molecule has 1 saturated heterocycles. The van der Waals surface area contributed by atoms with Crippen molar-refractivity contribution in [3.05, 3.63) is 11.6 Å². The predicted molar refractivity (Wildman–Crippen MR) is 67.5 cm³/mol. The first-order valence-corrected chi connectivity index (χ1v) is 7.55. The Balaban J connectivity index is 1.71. The molecule has 2 aliphatic heterocycles. The summed E-state index contributed by atoms with van der Waals surface area (Å²) in [6, 6.07) is 0. The smallest absolute Gasteiger partial charge is 0.101 e. The molecule has 2 heterocycles. The first-order valence-electron chi connectivity index (χ1n) is 6.50. The number of fused-ring (bicyclic) bond motifs is 1. The Morgan fingerprint density at radius 1 is 1.38 bits per heavy atom. The van der Waals surface area contributed by atoms with Crippen molar-refractivity contribution in [2.24, 2.45) is 11.8 Å². The SMILES string of the molecule is FC1CCC2C(C1)SCC2C1=CCCNC1. The minimum atomic E-state index is -0.522. The highest BCUT2D eigenvalue weighted by molar-refractivity contribution is 8.00. The van der Waals surface area contributed by atoms with Gasteiger partial charge in [-0.25, -0.2) is 4.39 Å². The molecule has 4 atom stereocenters. The molecular weight excluding hydrogens is 221 g/mol. The van der Waals surface area contributed by atoms with Crippen LogP contribution in [0.4, 0.5) is 4.39 Å². The Hall–Kier alpha value is -0.0200. The van der Waals surface area contributed by atoms with Crippen LogP contribution in [-0.2, 0) is 0 Å². The summed E-state index contributed by atoms with van der Waals surface area (Å²) in [6.45, 7) is 2.21. The summed E-state index contributed by atoms with van der Waals surface area (Å²) in [7, 11) is 0. The van der Waals surface area contributed by atoms with Crippen LogP contribution in [0.5, 0.6) is 0 Å². The normalized spacial score (nSPS) is 43.9. The van der Waals surface area contributed by atoms with E-state index in [0.717, 1.165) is 44.2 Å². The van der Waals surface area contributed by atoms with Crippen molar-refractivity contribution in [2.75, 3.05) is 18.8 Å². The van der Waals surface area contributed by atoms with E-state index < -0.39 is 6.17 Å². The molecule has 1 nitrogen and oxygen atoms in total. The largest absolute Gasteiger partial charge is 0.313 e. The lowest BCUT2D eigenvalue weighted by molar-refractivity contribution is 0.198. The fourth-order valence-corrected chi connectivity index (χ4v) is 5.27. The third kappa shape index (κ3) is 2.04. The highest BCUT2D eigenvalue weighted by Crippen LogP contribution is 2.48. The van der Waals surface area contributed by atoms with E-state index in [-0.39, 0.29) is 0 Å². The summed E-state index contributed by atoms with van der Waals surface area (Å²) < 4.78 is 13.4. The molecule has 0 radical (unpaired) electrons. The Morgan fingerprint density at radius 3 is 3.12 bits per heavy atom. The molecule has 4 unspecified atom stereocenters. The van der Waals surface area contributed by atoms with Crippen LogP contribution in [0, 0.1) is 11.8 Å². The lowest BCUT2D eigenvalue weighted by Gasteiger charge is -2.32. The summed E-state index contributed by atoms with van der Waals surface area (Å²) in [5.41, 5.74) is 1.61. The van der Waals surface area contributed by atoms with Gasteiger partial charge in [0.15, 0.2) is 0 Å². The highest BCUT2D eigenvalue weighted by atomic mass is 32.2. The minimum Gasteiger partial charge on any atom is -0.313 e. The molecule has 0 bridgehead atoms. The van der Waals surface area contributed by atoms with Gasteiger partial charge in [0.25, 0.3) is 0 Å². The van der Waals surface area contributed by atoms with E-state index in [0.29, 0.717) is 5.25 Å². The minimum absolute atomic E-state index is 0.522. The molecular formula is C13H20FNS. The number of hydrogen-bond acceptors (Lipinski definition) is 2. The molecule has 3 aliphatic rings. The maximum absolute atomic E-state index is 13.4. The molecule has 0 aromatic carbocycles. The van der Waals surface area contributed by atoms with E-state index in [1.165, 1.54) is 12.2 Å². The van der Waals surface area contributed by atoms with E-state index in [9.17, 15) is 4.39 Å². The third-order valence-corrected chi connectivity index (χ3v) is 5.84. The van der Waals surface area contributed by atoms with E-state index in [2.05, 4.69) is 11.4 Å². The molecule has 0 aromatic heterocycles. The van der Waals surface area contributed by atoms with Crippen molar-refractivity contribution in [1.29, 1.82) is 0 Å². The van der Waals surface area contributed by atoms with Gasteiger partial charge in [-0.3, -0.25) is 0 Å². The zero-order chi connectivity index (χ0) is 11.0. The van der Waals surface area contributed by atoms with Gasteiger partial charge in [0.05, 0.1) is 0 Å². The summed E-state index contributed by atoms with van der Waals surface area (Å²) in [5.74, 6) is 2.74. The molecule has 90 valence electrons. The van der Waals surface area contributed by atoms with Crippen molar-refractivity contribution >= 4 is 11.8 Å². The summed E-state index contributed by atoms with van der Waals surface area (Å²) in [6.07, 6.45) is 5.82. The molecule has 3 rings (SSSR count). The average Bonchev–Trinajstić information content (AvgIpc) is 2.73. The van der Waals surface area contributed by atoms with E-state index in [4.69, 9.17) is 0 Å². The molecule has 1 N–H and O–H groups in total. The molecule has 3 heteroatoms. The maximum Gasteiger partial charge on any atom is 0.101 e. The van der Waals surface area contributed by atoms with Crippen LogP contribution in [0.3, 0.4) is 0 Å². The Kier molecular flexibility index (Phi) is 3.25. The first-order chi connectivity index (χ1) is 7.84. The fraction of sp³-hybridized carbons (Fsp3) is 0.846. The van der Waals surface area contributed by atoms with Gasteiger partial charge < -0.3 is 5.32 Å². The summed E-state index contributed by atoms with van der Waals surface area (Å²) in [5, 5.41) is 4.07. The van der Waals surface area contributed by atoms with Gasteiger partial charge in [-0.05, 0) is 44.1 Å². The van der Waals surface area contributed by atoms with E-state index >= 15 is 0 Å².